The van der Waals surface area contributed by atoms with E-state index in [-0.39, 0.29) is 11.3 Å². The van der Waals surface area contributed by atoms with Gasteiger partial charge in [0.1, 0.15) is 5.54 Å². The number of carboxylic acids is 1. The first-order valence-corrected chi connectivity index (χ1v) is 4.73. The molecule has 80 valence electrons. The van der Waals surface area contributed by atoms with E-state index in [1.807, 2.05) is 13.8 Å². The van der Waals surface area contributed by atoms with E-state index in [0.717, 1.165) is 6.42 Å². The summed E-state index contributed by atoms with van der Waals surface area (Å²) in [5.41, 5.74) is -1.34. The molecule has 0 aromatic rings. The topological polar surface area (TPSA) is 57.6 Å². The third-order valence-corrected chi connectivity index (χ3v) is 3.63. The quantitative estimate of drug-likeness (QED) is 0.724. The summed E-state index contributed by atoms with van der Waals surface area (Å²) in [5.74, 6) is -1.09. The molecule has 1 saturated carbocycles. The lowest BCUT2D eigenvalue weighted by atomic mass is 9.55. The highest BCUT2D eigenvalue weighted by Gasteiger charge is 2.62. The molecule has 1 N–H and O–H groups in total. The SMILES string of the molecule is CC(=O)N(C)C1(C(=O)O)CCC1(C)C. The van der Waals surface area contributed by atoms with Gasteiger partial charge in [0.25, 0.3) is 0 Å². The van der Waals surface area contributed by atoms with Crippen LogP contribution in [0.1, 0.15) is 33.6 Å². The summed E-state index contributed by atoms with van der Waals surface area (Å²) in [6.45, 7) is 5.19. The minimum absolute atomic E-state index is 0.194. The van der Waals surface area contributed by atoms with Crippen molar-refractivity contribution in [1.82, 2.24) is 4.90 Å². The van der Waals surface area contributed by atoms with Gasteiger partial charge in [-0.05, 0) is 18.3 Å². The molecule has 1 atom stereocenters. The second-order valence-corrected chi connectivity index (χ2v) is 4.63. The van der Waals surface area contributed by atoms with E-state index in [0.29, 0.717) is 6.42 Å². The third kappa shape index (κ3) is 1.13. The van der Waals surface area contributed by atoms with Crippen molar-refractivity contribution in [3.8, 4) is 0 Å². The number of hydrogen-bond donors (Lipinski definition) is 1. The zero-order valence-electron chi connectivity index (χ0n) is 9.13. The van der Waals surface area contributed by atoms with Crippen molar-refractivity contribution < 1.29 is 14.7 Å². The molecule has 1 unspecified atom stereocenters. The van der Waals surface area contributed by atoms with E-state index in [1.165, 1.54) is 11.8 Å². The Labute approximate surface area is 83.9 Å². The molecular formula is C10H17NO3. The largest absolute Gasteiger partial charge is 0.479 e. The lowest BCUT2D eigenvalue weighted by Crippen LogP contribution is -2.69. The lowest BCUT2D eigenvalue weighted by Gasteiger charge is -2.57. The first-order valence-electron chi connectivity index (χ1n) is 4.73. The van der Waals surface area contributed by atoms with E-state index < -0.39 is 11.5 Å². The summed E-state index contributed by atoms with van der Waals surface area (Å²) >= 11 is 0. The molecule has 0 aromatic carbocycles. The van der Waals surface area contributed by atoms with Crippen LogP contribution in [0.5, 0.6) is 0 Å². The number of likely N-dealkylation sites (N-methyl/N-ethyl adjacent to an activating group) is 1. The van der Waals surface area contributed by atoms with Crippen molar-refractivity contribution in [1.29, 1.82) is 0 Å². The van der Waals surface area contributed by atoms with Crippen LogP contribution in [0.2, 0.25) is 0 Å². The van der Waals surface area contributed by atoms with Crippen molar-refractivity contribution >= 4 is 11.9 Å². The second-order valence-electron chi connectivity index (χ2n) is 4.63. The maximum absolute atomic E-state index is 11.3. The number of carbonyl (C=O) groups excluding carboxylic acids is 1. The monoisotopic (exact) mass is 199 g/mol. The Balaban J connectivity index is 3.08. The van der Waals surface area contributed by atoms with Crippen molar-refractivity contribution in [3.05, 3.63) is 0 Å². The Kier molecular flexibility index (Phi) is 2.34. The Morgan fingerprint density at radius 2 is 1.79 bits per heavy atom. The molecule has 4 heteroatoms. The number of nitrogens with zero attached hydrogens (tertiary/aromatic N) is 1. The molecule has 0 bridgehead atoms. The summed E-state index contributed by atoms with van der Waals surface area (Å²) in [6.07, 6.45) is 1.39. The average molecular weight is 199 g/mol. The number of carboxylic acid groups (broad SMARTS) is 1. The number of amides is 1. The van der Waals surface area contributed by atoms with Gasteiger partial charge in [-0.3, -0.25) is 4.79 Å². The molecule has 0 aliphatic heterocycles. The molecule has 1 fully saturated rings. The maximum Gasteiger partial charge on any atom is 0.330 e. The second kappa shape index (κ2) is 2.97. The normalized spacial score (nSPS) is 29.1. The molecule has 0 radical (unpaired) electrons. The molecule has 1 aliphatic rings. The number of aliphatic carboxylic acids is 1. The van der Waals surface area contributed by atoms with Gasteiger partial charge in [-0.2, -0.15) is 0 Å². The third-order valence-electron chi connectivity index (χ3n) is 3.63. The molecule has 0 heterocycles. The molecule has 4 nitrogen and oxygen atoms in total. The van der Waals surface area contributed by atoms with Gasteiger partial charge in [-0.15, -0.1) is 0 Å². The Morgan fingerprint density at radius 1 is 1.29 bits per heavy atom. The van der Waals surface area contributed by atoms with Gasteiger partial charge in [0.2, 0.25) is 5.91 Å². The summed E-state index contributed by atoms with van der Waals surface area (Å²) in [6, 6.07) is 0. The summed E-state index contributed by atoms with van der Waals surface area (Å²) in [7, 11) is 1.57. The van der Waals surface area contributed by atoms with Gasteiger partial charge < -0.3 is 10.0 Å². The van der Waals surface area contributed by atoms with Gasteiger partial charge in [-0.25, -0.2) is 4.79 Å². The molecule has 14 heavy (non-hydrogen) atoms. The average Bonchev–Trinajstić information content (AvgIpc) is 2.02. The van der Waals surface area contributed by atoms with Crippen LogP contribution < -0.4 is 0 Å². The van der Waals surface area contributed by atoms with Crippen LogP contribution >= 0.6 is 0 Å². The van der Waals surface area contributed by atoms with Crippen LogP contribution in [0.4, 0.5) is 0 Å². The Morgan fingerprint density at radius 3 is 1.86 bits per heavy atom. The van der Waals surface area contributed by atoms with E-state index in [4.69, 9.17) is 0 Å². The van der Waals surface area contributed by atoms with Gasteiger partial charge in [0.05, 0.1) is 0 Å². The summed E-state index contributed by atoms with van der Waals surface area (Å²) < 4.78 is 0. The van der Waals surface area contributed by atoms with E-state index in [9.17, 15) is 14.7 Å². The molecule has 0 spiro atoms. The van der Waals surface area contributed by atoms with Gasteiger partial charge in [0, 0.05) is 14.0 Å². The van der Waals surface area contributed by atoms with Crippen molar-refractivity contribution in [2.24, 2.45) is 5.41 Å². The Hall–Kier alpha value is -1.06. The Bertz CT molecular complexity index is 285. The summed E-state index contributed by atoms with van der Waals surface area (Å²) in [4.78, 5) is 23.9. The zero-order chi connectivity index (χ0) is 11.1. The van der Waals surface area contributed by atoms with Crippen LogP contribution in [-0.2, 0) is 9.59 Å². The van der Waals surface area contributed by atoms with Crippen molar-refractivity contribution in [2.75, 3.05) is 7.05 Å². The highest BCUT2D eigenvalue weighted by Crippen LogP contribution is 2.52. The molecular weight excluding hydrogens is 182 g/mol. The van der Waals surface area contributed by atoms with Crippen LogP contribution in [0.15, 0.2) is 0 Å². The lowest BCUT2D eigenvalue weighted by molar-refractivity contribution is -0.181. The zero-order valence-corrected chi connectivity index (χ0v) is 9.13. The van der Waals surface area contributed by atoms with Gasteiger partial charge in [0.15, 0.2) is 0 Å². The molecule has 0 saturated heterocycles. The summed E-state index contributed by atoms with van der Waals surface area (Å²) in [5, 5.41) is 9.24. The van der Waals surface area contributed by atoms with Crippen LogP contribution in [0.25, 0.3) is 0 Å². The maximum atomic E-state index is 11.3. The van der Waals surface area contributed by atoms with E-state index in [1.54, 1.807) is 7.05 Å². The predicted octanol–water partition coefficient (Wildman–Crippen LogP) is 1.11. The van der Waals surface area contributed by atoms with Crippen molar-refractivity contribution in [2.45, 2.75) is 39.2 Å². The van der Waals surface area contributed by atoms with Crippen molar-refractivity contribution in [3.63, 3.8) is 0 Å². The number of carbonyl (C=O) groups is 2. The number of rotatable bonds is 2. The number of hydrogen-bond acceptors (Lipinski definition) is 2. The standard InChI is InChI=1S/C10H17NO3/c1-7(12)11(4)10(8(13)14)6-5-9(10,2)3/h5-6H2,1-4H3,(H,13,14). The molecule has 1 aliphatic carbocycles. The molecule has 1 rings (SSSR count). The first kappa shape index (κ1) is 11.0. The highest BCUT2D eigenvalue weighted by molar-refractivity contribution is 5.88. The fraction of sp³-hybridized carbons (Fsp3) is 0.800. The van der Waals surface area contributed by atoms with Crippen LogP contribution in [0, 0.1) is 5.41 Å². The van der Waals surface area contributed by atoms with E-state index >= 15 is 0 Å². The fourth-order valence-electron chi connectivity index (χ4n) is 2.29. The van der Waals surface area contributed by atoms with Gasteiger partial charge in [-0.1, -0.05) is 13.8 Å². The minimum atomic E-state index is -1.00. The predicted molar refractivity (Wildman–Crippen MR) is 51.8 cm³/mol. The van der Waals surface area contributed by atoms with Crippen LogP contribution in [0.3, 0.4) is 0 Å². The van der Waals surface area contributed by atoms with E-state index in [2.05, 4.69) is 0 Å². The first-order chi connectivity index (χ1) is 6.25. The molecule has 0 aromatic heterocycles. The highest BCUT2D eigenvalue weighted by atomic mass is 16.4. The van der Waals surface area contributed by atoms with Gasteiger partial charge >= 0.3 is 5.97 Å². The smallest absolute Gasteiger partial charge is 0.330 e. The van der Waals surface area contributed by atoms with Crippen LogP contribution in [-0.4, -0.2) is 34.5 Å². The molecule has 1 amide bonds. The fourth-order valence-corrected chi connectivity index (χ4v) is 2.29. The minimum Gasteiger partial charge on any atom is -0.479 e.